The number of carbonyl (C=O) groups excluding carboxylic acids is 1. The van der Waals surface area contributed by atoms with Gasteiger partial charge in [0.1, 0.15) is 5.60 Å². The Kier molecular flexibility index (Phi) is 2.81. The number of ether oxygens (including phenoxy) is 1. The number of allylic oxidation sites excluding steroid dienone is 1. The van der Waals surface area contributed by atoms with Gasteiger partial charge < -0.3 is 4.74 Å². The second kappa shape index (κ2) is 4.82. The van der Waals surface area contributed by atoms with Crippen molar-refractivity contribution in [2.75, 3.05) is 0 Å². The monoisotopic (exact) mass is 379 g/mol. The molecule has 4 fully saturated rings. The molecule has 0 aromatic rings. The zero-order valence-electron chi connectivity index (χ0n) is 16.7. The van der Waals surface area contributed by atoms with Crippen molar-refractivity contribution < 1.29 is 9.53 Å². The first kappa shape index (κ1) is 16.4. The van der Waals surface area contributed by atoms with Crippen LogP contribution in [0.25, 0.3) is 0 Å². The summed E-state index contributed by atoms with van der Waals surface area (Å²) in [6.07, 6.45) is 14.5. The minimum Gasteiger partial charge on any atom is -0.451 e. The predicted octanol–water partition coefficient (Wildman–Crippen LogP) is 4.94. The lowest BCUT2D eigenvalue weighted by Crippen LogP contribution is -2.54. The number of rotatable bonds is 1. The molecule has 6 unspecified atom stereocenters. The summed E-state index contributed by atoms with van der Waals surface area (Å²) in [4.78, 5) is 23.3. The van der Waals surface area contributed by atoms with Crippen LogP contribution in [-0.4, -0.2) is 17.6 Å². The summed E-state index contributed by atoms with van der Waals surface area (Å²) in [6.45, 7) is 2.44. The molecule has 7 aliphatic rings. The van der Waals surface area contributed by atoms with E-state index in [-0.39, 0.29) is 23.0 Å². The average Bonchev–Trinajstić information content (AvgIpc) is 3.60. The molecular formula is C24H29NO3. The van der Waals surface area contributed by atoms with E-state index in [2.05, 4.69) is 18.2 Å². The Morgan fingerprint density at radius 2 is 2.04 bits per heavy atom. The largest absolute Gasteiger partial charge is 0.451 e. The third-order valence-electron chi connectivity index (χ3n) is 10.5. The fourth-order valence-corrected chi connectivity index (χ4v) is 9.20. The lowest BCUT2D eigenvalue weighted by atomic mass is 9.49. The van der Waals surface area contributed by atoms with Crippen LogP contribution in [0.4, 0.5) is 0 Å². The standard InChI is InChI=1S/C24H29NO3/c1-22-6-4-14-15-3-2-13(25-27)10-18(15)23(8-9-23)12-17(14)21(22)16-11-19(16)24(22)7-5-20(26)28-24/h5,7,13-14,16-17,19,21H,2-4,6,8-12H2,1H3/t13?,14?,16?,17?,19?,21?,22-,24-/m0/s1. The van der Waals surface area contributed by atoms with Gasteiger partial charge in [-0.25, -0.2) is 4.79 Å². The Labute approximate surface area is 166 Å². The molecule has 0 N–H and O–H groups in total. The van der Waals surface area contributed by atoms with Crippen molar-refractivity contribution in [3.05, 3.63) is 28.2 Å². The molecule has 4 saturated carbocycles. The van der Waals surface area contributed by atoms with E-state index in [1.54, 1.807) is 17.2 Å². The number of carbonyl (C=O) groups is 1. The van der Waals surface area contributed by atoms with Gasteiger partial charge >= 0.3 is 5.97 Å². The van der Waals surface area contributed by atoms with Crippen molar-refractivity contribution in [1.29, 1.82) is 0 Å². The maximum absolute atomic E-state index is 12.1. The van der Waals surface area contributed by atoms with Gasteiger partial charge in [0, 0.05) is 17.4 Å². The first-order chi connectivity index (χ1) is 13.5. The van der Waals surface area contributed by atoms with Gasteiger partial charge in [-0.3, -0.25) is 0 Å². The highest BCUT2D eigenvalue weighted by molar-refractivity contribution is 5.85. The summed E-state index contributed by atoms with van der Waals surface area (Å²) >= 11 is 0. The van der Waals surface area contributed by atoms with E-state index in [0.29, 0.717) is 23.2 Å². The van der Waals surface area contributed by atoms with E-state index in [9.17, 15) is 9.70 Å². The molecule has 2 spiro atoms. The maximum Gasteiger partial charge on any atom is 0.331 e. The van der Waals surface area contributed by atoms with Crippen molar-refractivity contribution in [1.82, 2.24) is 0 Å². The average molecular weight is 380 g/mol. The molecule has 8 atom stereocenters. The van der Waals surface area contributed by atoms with Gasteiger partial charge in [-0.15, -0.1) is 0 Å². The number of fused-ring (bicyclic) bond motifs is 9. The summed E-state index contributed by atoms with van der Waals surface area (Å²) in [5.74, 6) is 3.35. The third-order valence-corrected chi connectivity index (χ3v) is 10.5. The van der Waals surface area contributed by atoms with Crippen LogP contribution in [0.15, 0.2) is 28.5 Å². The fraction of sp³-hybridized carbons (Fsp3) is 0.792. The van der Waals surface area contributed by atoms with Crippen molar-refractivity contribution in [2.45, 2.75) is 76.4 Å². The number of hydrogen-bond acceptors (Lipinski definition) is 4. The molecule has 4 nitrogen and oxygen atoms in total. The first-order valence-corrected chi connectivity index (χ1v) is 11.5. The van der Waals surface area contributed by atoms with Gasteiger partial charge in [0.15, 0.2) is 0 Å². The molecule has 0 saturated heterocycles. The van der Waals surface area contributed by atoms with Gasteiger partial charge in [0.25, 0.3) is 0 Å². The minimum absolute atomic E-state index is 0.0206. The Morgan fingerprint density at radius 3 is 2.75 bits per heavy atom. The van der Waals surface area contributed by atoms with E-state index < -0.39 is 0 Å². The van der Waals surface area contributed by atoms with E-state index in [1.807, 2.05) is 0 Å². The van der Waals surface area contributed by atoms with Gasteiger partial charge in [0.05, 0.1) is 6.04 Å². The lowest BCUT2D eigenvalue weighted by molar-refractivity contribution is -0.166. The molecule has 0 radical (unpaired) electrons. The molecule has 28 heavy (non-hydrogen) atoms. The highest BCUT2D eigenvalue weighted by Crippen LogP contribution is 2.79. The van der Waals surface area contributed by atoms with E-state index in [1.165, 1.54) is 38.5 Å². The van der Waals surface area contributed by atoms with Crippen LogP contribution in [0.5, 0.6) is 0 Å². The number of esters is 1. The molecule has 1 heterocycles. The molecular weight excluding hydrogens is 350 g/mol. The highest BCUT2D eigenvalue weighted by atomic mass is 16.6. The SMILES string of the molecule is C[C@]12CCC3C4=C(CC(N=O)CC4)C4(CC4)CC3C1C1CC1[C@@]21C=CC(=O)O1. The molecule has 4 heteroatoms. The molecule has 0 amide bonds. The zero-order valence-corrected chi connectivity index (χ0v) is 16.7. The highest BCUT2D eigenvalue weighted by Gasteiger charge is 2.78. The Hall–Kier alpha value is -1.45. The van der Waals surface area contributed by atoms with Crippen molar-refractivity contribution in [2.24, 2.45) is 45.6 Å². The molecule has 6 aliphatic carbocycles. The summed E-state index contributed by atoms with van der Waals surface area (Å²) in [5.41, 5.74) is 3.61. The molecule has 0 bridgehead atoms. The van der Waals surface area contributed by atoms with Crippen LogP contribution in [-0.2, 0) is 9.53 Å². The predicted molar refractivity (Wildman–Crippen MR) is 104 cm³/mol. The van der Waals surface area contributed by atoms with Crippen molar-refractivity contribution >= 4 is 5.97 Å². The number of nitrogens with zero attached hydrogens (tertiary/aromatic N) is 1. The van der Waals surface area contributed by atoms with Crippen LogP contribution in [0.3, 0.4) is 0 Å². The smallest absolute Gasteiger partial charge is 0.331 e. The quantitative estimate of drug-likeness (QED) is 0.368. The minimum atomic E-state index is -0.311. The fourth-order valence-electron chi connectivity index (χ4n) is 9.20. The van der Waals surface area contributed by atoms with Crippen LogP contribution < -0.4 is 0 Å². The van der Waals surface area contributed by atoms with Crippen molar-refractivity contribution in [3.8, 4) is 0 Å². The lowest BCUT2D eigenvalue weighted by Gasteiger charge is -2.57. The molecule has 0 aromatic carbocycles. The summed E-state index contributed by atoms with van der Waals surface area (Å²) in [7, 11) is 0. The van der Waals surface area contributed by atoms with Gasteiger partial charge in [-0.1, -0.05) is 23.2 Å². The van der Waals surface area contributed by atoms with Crippen LogP contribution >= 0.6 is 0 Å². The summed E-state index contributed by atoms with van der Waals surface area (Å²) in [6, 6.07) is 0.0206. The third kappa shape index (κ3) is 1.70. The van der Waals surface area contributed by atoms with E-state index >= 15 is 0 Å². The summed E-state index contributed by atoms with van der Waals surface area (Å²) < 4.78 is 6.11. The Bertz CT molecular complexity index is 869. The van der Waals surface area contributed by atoms with Crippen LogP contribution in [0.2, 0.25) is 0 Å². The van der Waals surface area contributed by atoms with E-state index in [4.69, 9.17) is 4.74 Å². The number of hydrogen-bond donors (Lipinski definition) is 0. The van der Waals surface area contributed by atoms with Crippen LogP contribution in [0.1, 0.15) is 64.7 Å². The molecule has 148 valence electrons. The molecule has 1 aliphatic heterocycles. The van der Waals surface area contributed by atoms with E-state index in [0.717, 1.165) is 31.1 Å². The maximum atomic E-state index is 12.1. The zero-order chi connectivity index (χ0) is 18.9. The molecule has 0 aromatic heterocycles. The van der Waals surface area contributed by atoms with Gasteiger partial charge in [-0.05, 0) is 93.0 Å². The first-order valence-electron chi connectivity index (χ1n) is 11.5. The molecule has 7 rings (SSSR count). The van der Waals surface area contributed by atoms with Gasteiger partial charge in [-0.2, -0.15) is 4.91 Å². The Morgan fingerprint density at radius 1 is 1.18 bits per heavy atom. The summed E-state index contributed by atoms with van der Waals surface area (Å²) in [5, 5.41) is 3.43. The Balaban J connectivity index is 1.31. The van der Waals surface area contributed by atoms with Crippen LogP contribution in [0, 0.1) is 45.3 Å². The normalized spacial score (nSPS) is 54.1. The van der Waals surface area contributed by atoms with Gasteiger partial charge in [0.2, 0.25) is 0 Å². The van der Waals surface area contributed by atoms with Crippen molar-refractivity contribution in [3.63, 3.8) is 0 Å². The second-order valence-corrected chi connectivity index (χ2v) is 11.3. The number of nitroso groups, excluding NO2 is 1. The second-order valence-electron chi connectivity index (χ2n) is 11.3. The topological polar surface area (TPSA) is 55.7 Å².